The van der Waals surface area contributed by atoms with Gasteiger partial charge < -0.3 is 19.5 Å². The molecule has 3 aromatic rings. The lowest BCUT2D eigenvalue weighted by molar-refractivity contribution is 0.145. The quantitative estimate of drug-likeness (QED) is 0.316. The predicted octanol–water partition coefficient (Wildman–Crippen LogP) is 4.46. The number of hydrogen-bond acceptors (Lipinski definition) is 6. The van der Waals surface area contributed by atoms with Crippen molar-refractivity contribution in [2.75, 3.05) is 52.9 Å². The Morgan fingerprint density at radius 1 is 1.16 bits per heavy atom. The first-order chi connectivity index (χ1) is 15.7. The summed E-state index contributed by atoms with van der Waals surface area (Å²) in [6, 6.07) is 10.3. The molecule has 4 rings (SSSR count). The Morgan fingerprint density at radius 2 is 1.97 bits per heavy atom. The van der Waals surface area contributed by atoms with Crippen LogP contribution in [-0.2, 0) is 6.42 Å². The van der Waals surface area contributed by atoms with Gasteiger partial charge in [-0.05, 0) is 74.2 Å². The Hall–Kier alpha value is -1.77. The molecule has 0 amide bonds. The lowest BCUT2D eigenvalue weighted by atomic mass is 10.1. The molecule has 0 atom stereocenters. The van der Waals surface area contributed by atoms with Crippen LogP contribution in [-0.4, -0.2) is 72.7 Å². The number of nitrogens with zero attached hydrogens (tertiary/aromatic N) is 3. The van der Waals surface area contributed by atoms with Gasteiger partial charge in [0.2, 0.25) is 0 Å². The number of aromatic nitrogens is 2. The van der Waals surface area contributed by atoms with E-state index in [2.05, 4.69) is 55.8 Å². The zero-order valence-corrected chi connectivity index (χ0v) is 20.2. The van der Waals surface area contributed by atoms with Gasteiger partial charge in [0.1, 0.15) is 11.4 Å². The van der Waals surface area contributed by atoms with E-state index in [0.29, 0.717) is 5.02 Å². The SMILES string of the molecule is CN1CCN(CCCOc2ccc(SNCCCc3c[nH]c4ncc(Cl)cc34)cc2)CC1. The Labute approximate surface area is 199 Å². The smallest absolute Gasteiger partial charge is 0.137 e. The fourth-order valence-corrected chi connectivity index (χ4v) is 4.72. The summed E-state index contributed by atoms with van der Waals surface area (Å²) in [5.74, 6) is 0.944. The number of likely N-dealkylation sites (N-methyl/N-ethyl adjacent to an activating group) is 1. The molecule has 0 bridgehead atoms. The van der Waals surface area contributed by atoms with E-state index < -0.39 is 0 Å². The normalized spacial score (nSPS) is 15.4. The summed E-state index contributed by atoms with van der Waals surface area (Å²) in [6.45, 7) is 7.49. The average molecular weight is 474 g/mol. The van der Waals surface area contributed by atoms with Crippen molar-refractivity contribution in [3.63, 3.8) is 0 Å². The fourth-order valence-electron chi connectivity index (χ4n) is 3.88. The first-order valence-corrected chi connectivity index (χ1v) is 12.5. The number of aromatic amines is 1. The Morgan fingerprint density at radius 3 is 2.78 bits per heavy atom. The monoisotopic (exact) mass is 473 g/mol. The maximum Gasteiger partial charge on any atom is 0.137 e. The number of hydrogen-bond donors (Lipinski definition) is 2. The first-order valence-electron chi connectivity index (χ1n) is 11.3. The van der Waals surface area contributed by atoms with Crippen molar-refractivity contribution in [3.05, 3.63) is 53.3 Å². The van der Waals surface area contributed by atoms with Crippen molar-refractivity contribution in [2.45, 2.75) is 24.2 Å². The first kappa shape index (κ1) is 23.4. The number of aryl methyl sites for hydroxylation is 1. The van der Waals surface area contributed by atoms with Crippen molar-refractivity contribution in [1.29, 1.82) is 0 Å². The highest BCUT2D eigenvalue weighted by molar-refractivity contribution is 7.97. The van der Waals surface area contributed by atoms with Crippen LogP contribution in [0, 0.1) is 0 Å². The second-order valence-corrected chi connectivity index (χ2v) is 9.68. The zero-order valence-electron chi connectivity index (χ0n) is 18.6. The molecule has 6 nitrogen and oxygen atoms in total. The minimum Gasteiger partial charge on any atom is -0.494 e. The van der Waals surface area contributed by atoms with Crippen LogP contribution >= 0.6 is 23.5 Å². The highest BCUT2D eigenvalue weighted by Gasteiger charge is 2.12. The Kier molecular flexibility index (Phi) is 8.70. The van der Waals surface area contributed by atoms with Crippen LogP contribution in [0.3, 0.4) is 0 Å². The highest BCUT2D eigenvalue weighted by Crippen LogP contribution is 2.22. The van der Waals surface area contributed by atoms with Crippen LogP contribution in [0.25, 0.3) is 11.0 Å². The molecule has 1 aromatic carbocycles. The molecule has 0 unspecified atom stereocenters. The predicted molar refractivity (Wildman–Crippen MR) is 134 cm³/mol. The van der Waals surface area contributed by atoms with Gasteiger partial charge in [0, 0.05) is 61.9 Å². The van der Waals surface area contributed by atoms with Crippen LogP contribution in [0.1, 0.15) is 18.4 Å². The van der Waals surface area contributed by atoms with Gasteiger partial charge in [-0.3, -0.25) is 4.72 Å². The van der Waals surface area contributed by atoms with E-state index in [0.717, 1.165) is 55.7 Å². The second kappa shape index (κ2) is 11.9. The van der Waals surface area contributed by atoms with E-state index in [4.69, 9.17) is 16.3 Å². The fraction of sp³-hybridized carbons (Fsp3) is 0.458. The number of fused-ring (bicyclic) bond motifs is 1. The number of nitrogens with one attached hydrogen (secondary N) is 2. The Bertz CT molecular complexity index is 972. The third kappa shape index (κ3) is 6.86. The molecule has 2 aromatic heterocycles. The number of piperazine rings is 1. The summed E-state index contributed by atoms with van der Waals surface area (Å²) in [6.07, 6.45) is 6.80. The van der Waals surface area contributed by atoms with Gasteiger partial charge in [-0.2, -0.15) is 0 Å². The van der Waals surface area contributed by atoms with E-state index in [9.17, 15) is 0 Å². The molecule has 0 radical (unpaired) electrons. The van der Waals surface area contributed by atoms with Gasteiger partial charge in [-0.15, -0.1) is 0 Å². The minimum absolute atomic E-state index is 0.675. The van der Waals surface area contributed by atoms with E-state index >= 15 is 0 Å². The molecule has 0 saturated carbocycles. The molecule has 172 valence electrons. The molecular formula is C24H32ClN5OS. The largest absolute Gasteiger partial charge is 0.494 e. The van der Waals surface area contributed by atoms with Crippen LogP contribution in [0.4, 0.5) is 0 Å². The van der Waals surface area contributed by atoms with Gasteiger partial charge in [0.05, 0.1) is 11.6 Å². The van der Waals surface area contributed by atoms with Gasteiger partial charge in [0.15, 0.2) is 0 Å². The molecule has 1 saturated heterocycles. The second-order valence-electron chi connectivity index (χ2n) is 8.28. The molecule has 1 aliphatic heterocycles. The lowest BCUT2D eigenvalue weighted by Gasteiger charge is -2.32. The van der Waals surface area contributed by atoms with Crippen LogP contribution < -0.4 is 9.46 Å². The topological polar surface area (TPSA) is 56.4 Å². The molecule has 1 fully saturated rings. The number of halogens is 1. The summed E-state index contributed by atoms with van der Waals surface area (Å²) in [4.78, 5) is 13.6. The number of H-pyrrole nitrogens is 1. The number of ether oxygens (including phenoxy) is 1. The average Bonchev–Trinajstić information content (AvgIpc) is 3.20. The van der Waals surface area contributed by atoms with Crippen LogP contribution in [0.15, 0.2) is 47.6 Å². The number of benzene rings is 1. The number of pyridine rings is 1. The summed E-state index contributed by atoms with van der Waals surface area (Å²) in [5.41, 5.74) is 2.16. The molecule has 0 spiro atoms. The van der Waals surface area contributed by atoms with E-state index in [-0.39, 0.29) is 0 Å². The van der Waals surface area contributed by atoms with E-state index in [1.54, 1.807) is 18.1 Å². The molecule has 8 heteroatoms. The van der Waals surface area contributed by atoms with E-state index in [1.165, 1.54) is 36.6 Å². The van der Waals surface area contributed by atoms with E-state index in [1.807, 2.05) is 12.3 Å². The molecule has 2 N–H and O–H groups in total. The molecule has 32 heavy (non-hydrogen) atoms. The van der Waals surface area contributed by atoms with Gasteiger partial charge in [-0.1, -0.05) is 11.6 Å². The van der Waals surface area contributed by atoms with Crippen molar-refractivity contribution in [2.24, 2.45) is 0 Å². The minimum atomic E-state index is 0.675. The maximum absolute atomic E-state index is 6.08. The molecule has 1 aliphatic rings. The summed E-state index contributed by atoms with van der Waals surface area (Å²) in [7, 11) is 2.19. The van der Waals surface area contributed by atoms with Crippen LogP contribution in [0.5, 0.6) is 5.75 Å². The maximum atomic E-state index is 6.08. The van der Waals surface area contributed by atoms with Crippen molar-refractivity contribution in [1.82, 2.24) is 24.5 Å². The highest BCUT2D eigenvalue weighted by atomic mass is 35.5. The molecule has 0 aliphatic carbocycles. The van der Waals surface area contributed by atoms with Gasteiger partial charge in [-0.25, -0.2) is 4.98 Å². The molecule has 3 heterocycles. The standard InChI is InChI=1S/C24H32ClN5OS/c1-29-11-13-30(14-12-29)10-3-15-31-21-5-7-22(8-6-21)32-28-9-2-4-19-17-26-24-23(19)16-20(25)18-27-24/h5-8,16-18,28H,2-4,9-15H2,1H3,(H,26,27). The van der Waals surface area contributed by atoms with Crippen LogP contribution in [0.2, 0.25) is 5.02 Å². The molecular weight excluding hydrogens is 442 g/mol. The summed E-state index contributed by atoms with van der Waals surface area (Å²) >= 11 is 7.74. The number of rotatable bonds is 11. The third-order valence-electron chi connectivity index (χ3n) is 5.81. The summed E-state index contributed by atoms with van der Waals surface area (Å²) < 4.78 is 9.37. The van der Waals surface area contributed by atoms with Gasteiger partial charge in [0.25, 0.3) is 0 Å². The zero-order chi connectivity index (χ0) is 22.2. The lowest BCUT2D eigenvalue weighted by Crippen LogP contribution is -2.44. The van der Waals surface area contributed by atoms with Crippen molar-refractivity contribution in [3.8, 4) is 5.75 Å². The summed E-state index contributed by atoms with van der Waals surface area (Å²) in [5, 5.41) is 1.79. The van der Waals surface area contributed by atoms with Crippen molar-refractivity contribution < 1.29 is 4.74 Å². The van der Waals surface area contributed by atoms with Crippen molar-refractivity contribution >= 4 is 34.6 Å². The third-order valence-corrected chi connectivity index (χ3v) is 6.87. The Balaban J connectivity index is 1.10. The van der Waals surface area contributed by atoms with Gasteiger partial charge >= 0.3 is 0 Å².